The molecule has 0 aromatic heterocycles. The van der Waals surface area contributed by atoms with Crippen molar-refractivity contribution in [1.82, 2.24) is 5.32 Å². The Balaban J connectivity index is 2.60. The molecule has 0 aliphatic carbocycles. The van der Waals surface area contributed by atoms with Crippen molar-refractivity contribution in [1.29, 1.82) is 0 Å². The highest BCUT2D eigenvalue weighted by atomic mass is 32.2. The van der Waals surface area contributed by atoms with Crippen LogP contribution in [-0.4, -0.2) is 41.9 Å². The lowest BCUT2D eigenvalue weighted by atomic mass is 10.00. The Bertz CT molecular complexity index is 630. The third-order valence-electron chi connectivity index (χ3n) is 2.87. The molecule has 122 valence electrons. The first-order chi connectivity index (χ1) is 10.2. The molecule has 8 nitrogen and oxygen atoms in total. The number of non-ortho nitro benzene ring substituents is 1. The number of nitro benzene ring substituents is 1. The molecule has 1 rings (SSSR count). The Hall–Kier alpha value is -1.65. The summed E-state index contributed by atoms with van der Waals surface area (Å²) in [5.41, 5.74) is 0.674. The van der Waals surface area contributed by atoms with E-state index in [0.717, 1.165) is 5.56 Å². The van der Waals surface area contributed by atoms with Gasteiger partial charge in [0.25, 0.3) is 5.69 Å². The van der Waals surface area contributed by atoms with Gasteiger partial charge in [-0.3, -0.25) is 14.9 Å². The molecule has 0 bridgehead atoms. The third-order valence-corrected chi connectivity index (χ3v) is 4.02. The minimum atomic E-state index is -4.37. The zero-order valence-corrected chi connectivity index (χ0v) is 13.2. The van der Waals surface area contributed by atoms with Gasteiger partial charge in [-0.1, -0.05) is 12.1 Å². The Morgan fingerprint density at radius 1 is 1.32 bits per heavy atom. The normalized spacial score (nSPS) is 12.6. The van der Waals surface area contributed by atoms with E-state index in [9.17, 15) is 27.9 Å². The van der Waals surface area contributed by atoms with E-state index in [0.29, 0.717) is 6.42 Å². The van der Waals surface area contributed by atoms with E-state index in [4.69, 9.17) is 0 Å². The maximum atomic E-state index is 11.9. The van der Waals surface area contributed by atoms with Crippen molar-refractivity contribution in [3.05, 3.63) is 39.9 Å². The van der Waals surface area contributed by atoms with E-state index >= 15 is 0 Å². The van der Waals surface area contributed by atoms with Crippen LogP contribution in [0, 0.1) is 16.0 Å². The molecule has 1 unspecified atom stereocenters. The van der Waals surface area contributed by atoms with Crippen LogP contribution in [0.4, 0.5) is 5.69 Å². The summed E-state index contributed by atoms with van der Waals surface area (Å²) in [6.07, 6.45) is 0.303. The third kappa shape index (κ3) is 6.41. The van der Waals surface area contributed by atoms with Crippen molar-refractivity contribution in [2.45, 2.75) is 6.42 Å². The maximum absolute atomic E-state index is 11.9. The van der Waals surface area contributed by atoms with Crippen LogP contribution in [0.25, 0.3) is 0 Å². The Kier molecular flexibility index (Phi) is 6.78. The van der Waals surface area contributed by atoms with Gasteiger partial charge in [0.2, 0.25) is 5.91 Å². The summed E-state index contributed by atoms with van der Waals surface area (Å²) in [4.78, 5) is 21.9. The van der Waals surface area contributed by atoms with Gasteiger partial charge in [-0.25, -0.2) is 8.42 Å². The molecule has 22 heavy (non-hydrogen) atoms. The fraction of sp³-hybridized carbons (Fsp3) is 0.417. The zero-order chi connectivity index (χ0) is 16.8. The summed E-state index contributed by atoms with van der Waals surface area (Å²) in [6.45, 7) is -0.255. The molecule has 0 spiro atoms. The fourth-order valence-electron chi connectivity index (χ4n) is 1.72. The fourth-order valence-corrected chi connectivity index (χ4v) is 2.37. The van der Waals surface area contributed by atoms with Gasteiger partial charge in [0.1, 0.15) is 0 Å². The average molecular weight is 347 g/mol. The number of carbonyl (C=O) groups is 1. The molecule has 1 amide bonds. The molecule has 0 radical (unpaired) electrons. The average Bonchev–Trinajstić information content (AvgIpc) is 2.43. The quantitative estimate of drug-likeness (QED) is 0.302. The maximum Gasteiger partial charge on any atom is 0.269 e. The molecule has 0 heterocycles. The van der Waals surface area contributed by atoms with Crippen LogP contribution in [0.1, 0.15) is 5.56 Å². The summed E-state index contributed by atoms with van der Waals surface area (Å²) >= 11 is 4.07. The molecule has 1 atom stereocenters. The first kappa shape index (κ1) is 18.4. The number of thiol groups is 1. The van der Waals surface area contributed by atoms with Crippen molar-refractivity contribution in [3.63, 3.8) is 0 Å². The number of nitro groups is 1. The van der Waals surface area contributed by atoms with Gasteiger partial charge >= 0.3 is 0 Å². The SMILES string of the molecule is O=C(NCCS(=O)(=O)[O-])C(CS)Cc1ccc([N+](=O)[O-])cc1. The number of hydrogen-bond acceptors (Lipinski definition) is 7. The first-order valence-corrected chi connectivity index (χ1v) is 8.49. The molecule has 1 aromatic carbocycles. The summed E-state index contributed by atoms with van der Waals surface area (Å²) in [5, 5.41) is 12.9. The van der Waals surface area contributed by atoms with Crippen LogP contribution in [0.5, 0.6) is 0 Å². The molecule has 0 saturated heterocycles. The number of carbonyl (C=O) groups excluding carboxylic acids is 1. The van der Waals surface area contributed by atoms with Crippen molar-refractivity contribution in [3.8, 4) is 0 Å². The van der Waals surface area contributed by atoms with Crippen LogP contribution in [0.3, 0.4) is 0 Å². The number of hydrogen-bond donors (Lipinski definition) is 2. The predicted molar refractivity (Wildman–Crippen MR) is 81.7 cm³/mol. The van der Waals surface area contributed by atoms with E-state index in [2.05, 4.69) is 17.9 Å². The summed E-state index contributed by atoms with van der Waals surface area (Å²) < 4.78 is 31.4. The largest absolute Gasteiger partial charge is 0.748 e. The van der Waals surface area contributed by atoms with Crippen LogP contribution < -0.4 is 5.32 Å². The second kappa shape index (κ2) is 8.11. The summed E-state index contributed by atoms with van der Waals surface area (Å²) in [5.74, 6) is -1.40. The minimum Gasteiger partial charge on any atom is -0.748 e. The van der Waals surface area contributed by atoms with E-state index in [-0.39, 0.29) is 18.0 Å². The molecule has 0 aliphatic heterocycles. The van der Waals surface area contributed by atoms with Gasteiger partial charge in [0.15, 0.2) is 0 Å². The summed E-state index contributed by atoms with van der Waals surface area (Å²) in [6, 6.07) is 5.77. The van der Waals surface area contributed by atoms with Gasteiger partial charge < -0.3 is 9.87 Å². The van der Waals surface area contributed by atoms with Gasteiger partial charge in [-0.2, -0.15) is 12.6 Å². The van der Waals surface area contributed by atoms with Gasteiger partial charge in [0.05, 0.1) is 26.7 Å². The highest BCUT2D eigenvalue weighted by Gasteiger charge is 2.17. The standard InChI is InChI=1S/C12H16N2O6S2/c15-12(13-5-6-22(18,19)20)10(8-21)7-9-1-3-11(4-2-9)14(16)17/h1-4,10,21H,5-8H2,(H,13,15)(H,18,19,20)/p-1. The van der Waals surface area contributed by atoms with Gasteiger partial charge in [-0.15, -0.1) is 0 Å². The molecule has 1 aromatic rings. The molecular weight excluding hydrogens is 332 g/mol. The van der Waals surface area contributed by atoms with E-state index in [1.807, 2.05) is 0 Å². The van der Waals surface area contributed by atoms with Crippen molar-refractivity contribution in [2.24, 2.45) is 5.92 Å². The van der Waals surface area contributed by atoms with Gasteiger partial charge in [0, 0.05) is 24.4 Å². The van der Waals surface area contributed by atoms with Crippen LogP contribution in [-0.2, 0) is 21.3 Å². The lowest BCUT2D eigenvalue weighted by Gasteiger charge is -2.15. The lowest BCUT2D eigenvalue weighted by molar-refractivity contribution is -0.384. The van der Waals surface area contributed by atoms with Crippen LogP contribution in [0.2, 0.25) is 0 Å². The van der Waals surface area contributed by atoms with E-state index in [1.165, 1.54) is 12.1 Å². The topological polar surface area (TPSA) is 129 Å². The highest BCUT2D eigenvalue weighted by Crippen LogP contribution is 2.16. The number of nitrogens with zero attached hydrogens (tertiary/aromatic N) is 1. The zero-order valence-electron chi connectivity index (χ0n) is 11.5. The van der Waals surface area contributed by atoms with E-state index in [1.54, 1.807) is 12.1 Å². The number of amides is 1. The second-order valence-electron chi connectivity index (χ2n) is 4.56. The highest BCUT2D eigenvalue weighted by molar-refractivity contribution is 7.85. The molecular formula is C12H15N2O6S2-. The molecule has 0 fully saturated rings. The number of benzene rings is 1. The molecule has 0 aliphatic rings. The monoisotopic (exact) mass is 347 g/mol. The number of nitrogens with one attached hydrogen (secondary N) is 1. The number of rotatable bonds is 8. The molecule has 10 heteroatoms. The predicted octanol–water partition coefficient (Wildman–Crippen LogP) is 0.345. The van der Waals surface area contributed by atoms with Crippen LogP contribution in [0.15, 0.2) is 24.3 Å². The Morgan fingerprint density at radius 2 is 1.91 bits per heavy atom. The molecule has 1 N–H and O–H groups in total. The van der Waals surface area contributed by atoms with Crippen molar-refractivity contribution >= 4 is 34.3 Å². The smallest absolute Gasteiger partial charge is 0.269 e. The van der Waals surface area contributed by atoms with Crippen molar-refractivity contribution in [2.75, 3.05) is 18.1 Å². The van der Waals surface area contributed by atoms with Crippen LogP contribution >= 0.6 is 12.6 Å². The Labute approximate surface area is 133 Å². The Morgan fingerprint density at radius 3 is 2.36 bits per heavy atom. The molecule has 0 saturated carbocycles. The van der Waals surface area contributed by atoms with Crippen molar-refractivity contribution < 1.29 is 22.7 Å². The first-order valence-electron chi connectivity index (χ1n) is 6.28. The van der Waals surface area contributed by atoms with Gasteiger partial charge in [-0.05, 0) is 12.0 Å². The summed E-state index contributed by atoms with van der Waals surface area (Å²) in [7, 11) is -4.37. The van der Waals surface area contributed by atoms with E-state index < -0.39 is 32.6 Å². The minimum absolute atomic E-state index is 0.0451. The second-order valence-corrected chi connectivity index (χ2v) is 6.45. The lowest BCUT2D eigenvalue weighted by Crippen LogP contribution is -2.36.